The molecule has 3 rings (SSSR count). The standard InChI is InChI=1S/C14H23BN2O3/c1-13(2)14(3,4)20-15(19-13)11-10-16-12(18-11)17-8-6-5-7-9-17/h10H,5-9H2,1-4H3. The molecule has 0 amide bonds. The van der Waals surface area contributed by atoms with Crippen LogP contribution in [0.1, 0.15) is 47.0 Å². The summed E-state index contributed by atoms with van der Waals surface area (Å²) in [6.45, 7) is 10.2. The number of anilines is 1. The third-order valence-electron chi connectivity index (χ3n) is 4.62. The summed E-state index contributed by atoms with van der Waals surface area (Å²) in [6, 6.07) is 0.689. The maximum Gasteiger partial charge on any atom is 0.534 e. The van der Waals surface area contributed by atoms with Crippen LogP contribution in [-0.4, -0.2) is 36.4 Å². The van der Waals surface area contributed by atoms with E-state index in [-0.39, 0.29) is 11.2 Å². The second-order valence-electron chi connectivity index (χ2n) is 6.68. The molecule has 2 saturated heterocycles. The van der Waals surface area contributed by atoms with E-state index >= 15 is 0 Å². The van der Waals surface area contributed by atoms with Gasteiger partial charge in [0.05, 0.1) is 17.4 Å². The van der Waals surface area contributed by atoms with Gasteiger partial charge in [-0.25, -0.2) is 4.98 Å². The lowest BCUT2D eigenvalue weighted by atomic mass is 9.87. The first-order valence-corrected chi connectivity index (χ1v) is 7.45. The third-order valence-corrected chi connectivity index (χ3v) is 4.62. The van der Waals surface area contributed by atoms with Crippen molar-refractivity contribution in [3.63, 3.8) is 0 Å². The molecular formula is C14H23BN2O3. The third kappa shape index (κ3) is 2.35. The number of piperidine rings is 1. The average Bonchev–Trinajstić information content (AvgIpc) is 2.94. The summed E-state index contributed by atoms with van der Waals surface area (Å²) in [5.74, 6) is 0. The van der Waals surface area contributed by atoms with Crippen molar-refractivity contribution in [3.05, 3.63) is 6.20 Å². The van der Waals surface area contributed by atoms with Crippen molar-refractivity contribution in [2.45, 2.75) is 58.2 Å². The Bertz CT molecular complexity index is 465. The highest BCUT2D eigenvalue weighted by Crippen LogP contribution is 2.36. The quantitative estimate of drug-likeness (QED) is 0.774. The SMILES string of the molecule is CC1(C)OB(c2cnc(N3CCCCC3)o2)OC1(C)C. The second kappa shape index (κ2) is 4.77. The highest BCUT2D eigenvalue weighted by atomic mass is 16.7. The monoisotopic (exact) mass is 278 g/mol. The molecule has 6 heteroatoms. The van der Waals surface area contributed by atoms with Crippen LogP contribution in [0.4, 0.5) is 6.01 Å². The van der Waals surface area contributed by atoms with Gasteiger partial charge in [0.2, 0.25) is 0 Å². The van der Waals surface area contributed by atoms with E-state index < -0.39 is 7.12 Å². The maximum atomic E-state index is 5.98. The predicted octanol–water partition coefficient (Wildman–Crippen LogP) is 1.96. The molecule has 20 heavy (non-hydrogen) atoms. The first kappa shape index (κ1) is 14.0. The van der Waals surface area contributed by atoms with E-state index in [0.717, 1.165) is 13.1 Å². The zero-order chi connectivity index (χ0) is 14.4. The summed E-state index contributed by atoms with van der Waals surface area (Å²) < 4.78 is 17.8. The number of aromatic nitrogens is 1. The minimum Gasteiger partial charge on any atom is -0.433 e. The van der Waals surface area contributed by atoms with Gasteiger partial charge in [-0.1, -0.05) is 0 Å². The van der Waals surface area contributed by atoms with Gasteiger partial charge in [0.1, 0.15) is 0 Å². The zero-order valence-corrected chi connectivity index (χ0v) is 12.8. The smallest absolute Gasteiger partial charge is 0.433 e. The van der Waals surface area contributed by atoms with Crippen molar-refractivity contribution in [1.82, 2.24) is 4.98 Å². The molecule has 2 aliphatic rings. The predicted molar refractivity (Wildman–Crippen MR) is 78.3 cm³/mol. The molecule has 0 aliphatic carbocycles. The van der Waals surface area contributed by atoms with Crippen LogP contribution in [0.3, 0.4) is 0 Å². The molecule has 5 nitrogen and oxygen atoms in total. The van der Waals surface area contributed by atoms with E-state index in [9.17, 15) is 0 Å². The largest absolute Gasteiger partial charge is 0.534 e. The van der Waals surface area contributed by atoms with Gasteiger partial charge >= 0.3 is 7.12 Å². The molecule has 2 aliphatic heterocycles. The molecule has 0 N–H and O–H groups in total. The van der Waals surface area contributed by atoms with Crippen LogP contribution in [0.15, 0.2) is 10.6 Å². The van der Waals surface area contributed by atoms with Gasteiger partial charge in [0, 0.05) is 13.1 Å². The minimum absolute atomic E-state index is 0.351. The molecule has 2 fully saturated rings. The Morgan fingerprint density at radius 1 is 1.05 bits per heavy atom. The molecule has 0 unspecified atom stereocenters. The van der Waals surface area contributed by atoms with Gasteiger partial charge in [-0.3, -0.25) is 0 Å². The topological polar surface area (TPSA) is 47.7 Å². The van der Waals surface area contributed by atoms with Crippen LogP contribution in [0.5, 0.6) is 0 Å². The molecule has 3 heterocycles. The van der Waals surface area contributed by atoms with E-state index in [1.807, 2.05) is 27.7 Å². The molecule has 0 bridgehead atoms. The lowest BCUT2D eigenvalue weighted by molar-refractivity contribution is 0.00578. The van der Waals surface area contributed by atoms with Crippen LogP contribution in [0.25, 0.3) is 0 Å². The van der Waals surface area contributed by atoms with Crippen molar-refractivity contribution >= 4 is 18.8 Å². The van der Waals surface area contributed by atoms with Gasteiger partial charge in [-0.2, -0.15) is 0 Å². The highest BCUT2D eigenvalue weighted by molar-refractivity contribution is 6.60. The molecule has 0 atom stereocenters. The second-order valence-corrected chi connectivity index (χ2v) is 6.68. The molecule has 110 valence electrons. The molecule has 0 radical (unpaired) electrons. The lowest BCUT2D eigenvalue weighted by Crippen LogP contribution is -2.41. The van der Waals surface area contributed by atoms with Gasteiger partial charge in [-0.05, 0) is 47.0 Å². The van der Waals surface area contributed by atoms with Gasteiger partial charge in [-0.15, -0.1) is 0 Å². The van der Waals surface area contributed by atoms with E-state index in [1.54, 1.807) is 6.20 Å². The van der Waals surface area contributed by atoms with Crippen molar-refractivity contribution in [2.75, 3.05) is 18.0 Å². The first-order chi connectivity index (χ1) is 9.39. The average molecular weight is 278 g/mol. The number of hydrogen-bond acceptors (Lipinski definition) is 5. The molecule has 0 saturated carbocycles. The molecule has 0 aromatic carbocycles. The van der Waals surface area contributed by atoms with Gasteiger partial charge in [0.15, 0.2) is 5.66 Å². The van der Waals surface area contributed by atoms with E-state index in [1.165, 1.54) is 19.3 Å². The van der Waals surface area contributed by atoms with Gasteiger partial charge in [0.25, 0.3) is 6.01 Å². The Labute approximate surface area is 120 Å². The zero-order valence-electron chi connectivity index (χ0n) is 12.8. The van der Waals surface area contributed by atoms with Crippen LogP contribution in [0.2, 0.25) is 0 Å². The van der Waals surface area contributed by atoms with Crippen LogP contribution in [-0.2, 0) is 9.31 Å². The molecule has 1 aromatic rings. The van der Waals surface area contributed by atoms with E-state index in [2.05, 4.69) is 9.88 Å². The van der Waals surface area contributed by atoms with E-state index in [4.69, 9.17) is 13.7 Å². The van der Waals surface area contributed by atoms with Gasteiger partial charge < -0.3 is 18.6 Å². The molecular weight excluding hydrogens is 255 g/mol. The fourth-order valence-corrected chi connectivity index (χ4v) is 2.58. The Hall–Kier alpha value is -1.01. The number of nitrogens with zero attached hydrogens (tertiary/aromatic N) is 2. The summed E-state index contributed by atoms with van der Waals surface area (Å²) in [5, 5.41) is 0. The Kier molecular flexibility index (Phi) is 3.33. The Morgan fingerprint density at radius 2 is 1.65 bits per heavy atom. The fourth-order valence-electron chi connectivity index (χ4n) is 2.58. The summed E-state index contributed by atoms with van der Waals surface area (Å²) in [5.41, 5.74) is -0.0462. The number of hydrogen-bond donors (Lipinski definition) is 0. The summed E-state index contributed by atoms with van der Waals surface area (Å²) in [4.78, 5) is 6.57. The maximum absolute atomic E-state index is 5.98. The molecule has 1 aromatic heterocycles. The Morgan fingerprint density at radius 3 is 2.25 bits per heavy atom. The Balaban J connectivity index is 1.74. The number of rotatable bonds is 2. The summed E-state index contributed by atoms with van der Waals surface area (Å²) in [6.07, 6.45) is 5.43. The van der Waals surface area contributed by atoms with E-state index in [0.29, 0.717) is 11.7 Å². The van der Waals surface area contributed by atoms with Crippen LogP contribution >= 0.6 is 0 Å². The molecule has 0 spiro atoms. The summed E-state index contributed by atoms with van der Waals surface area (Å²) in [7, 11) is -0.467. The van der Waals surface area contributed by atoms with Crippen molar-refractivity contribution in [2.24, 2.45) is 0 Å². The number of oxazole rings is 1. The normalized spacial score (nSPS) is 25.2. The fraction of sp³-hybridized carbons (Fsp3) is 0.786. The minimum atomic E-state index is -0.467. The summed E-state index contributed by atoms with van der Waals surface area (Å²) >= 11 is 0. The van der Waals surface area contributed by atoms with Crippen molar-refractivity contribution < 1.29 is 13.7 Å². The lowest BCUT2D eigenvalue weighted by Gasteiger charge is -2.32. The highest BCUT2D eigenvalue weighted by Gasteiger charge is 2.53. The first-order valence-electron chi connectivity index (χ1n) is 7.45. The van der Waals surface area contributed by atoms with Crippen molar-refractivity contribution in [1.29, 1.82) is 0 Å². The van der Waals surface area contributed by atoms with Crippen molar-refractivity contribution in [3.8, 4) is 0 Å². The van der Waals surface area contributed by atoms with Crippen LogP contribution in [0, 0.1) is 0 Å². The van der Waals surface area contributed by atoms with Crippen LogP contribution < -0.4 is 10.6 Å².